The molecule has 1 amide bonds. The van der Waals surface area contributed by atoms with E-state index in [9.17, 15) is 13.6 Å². The quantitative estimate of drug-likeness (QED) is 0.498. The normalized spacial score (nSPS) is 14.1. The molecule has 0 bridgehead atoms. The highest BCUT2D eigenvalue weighted by Gasteiger charge is 2.24. The number of benzene rings is 1. The summed E-state index contributed by atoms with van der Waals surface area (Å²) in [6.45, 7) is 4.35. The van der Waals surface area contributed by atoms with E-state index >= 15 is 0 Å². The molecule has 2 heterocycles. The van der Waals surface area contributed by atoms with Gasteiger partial charge in [0.05, 0.1) is 24.5 Å². The van der Waals surface area contributed by atoms with E-state index in [0.717, 1.165) is 5.13 Å². The second-order valence-electron chi connectivity index (χ2n) is 6.66. The molecule has 1 fully saturated rings. The number of morpholine rings is 1. The van der Waals surface area contributed by atoms with Gasteiger partial charge in [0.25, 0.3) is 0 Å². The highest BCUT2D eigenvalue weighted by Crippen LogP contribution is 2.38. The number of rotatable bonds is 8. The van der Waals surface area contributed by atoms with Gasteiger partial charge in [-0.2, -0.15) is 9.87 Å². The van der Waals surface area contributed by atoms with Gasteiger partial charge in [0.1, 0.15) is 0 Å². The zero-order valence-electron chi connectivity index (χ0n) is 16.2. The summed E-state index contributed by atoms with van der Waals surface area (Å²) in [5.41, 5.74) is 8.53. The van der Waals surface area contributed by atoms with E-state index < -0.39 is 17.5 Å². The number of hydrogen-bond acceptors (Lipinski definition) is 7. The first kappa shape index (κ1) is 21.4. The van der Waals surface area contributed by atoms with E-state index in [0.29, 0.717) is 57.8 Å². The van der Waals surface area contributed by atoms with Crippen LogP contribution in [0.15, 0.2) is 11.4 Å². The summed E-state index contributed by atoms with van der Waals surface area (Å²) >= 11 is 1.41. The minimum Gasteiger partial charge on any atom is -0.378 e. The summed E-state index contributed by atoms with van der Waals surface area (Å²) in [5.74, 6) is -3.07. The number of unbranched alkanes of at least 4 members (excludes halogenated alkanes) is 1. The van der Waals surface area contributed by atoms with Crippen LogP contribution in [0.4, 0.5) is 13.9 Å². The summed E-state index contributed by atoms with van der Waals surface area (Å²) < 4.78 is 34.7. The minimum absolute atomic E-state index is 0.224. The van der Waals surface area contributed by atoms with E-state index in [1.165, 1.54) is 24.3 Å². The fourth-order valence-electron chi connectivity index (χ4n) is 3.00. The highest BCUT2D eigenvalue weighted by atomic mass is 32.1. The number of carbonyl (C=O) groups is 1. The number of carbonyl (C=O) groups excluding carboxylic acids is 1. The first-order valence-corrected chi connectivity index (χ1v) is 10.3. The average Bonchev–Trinajstić information content (AvgIpc) is 3.21. The Morgan fingerprint density at radius 3 is 2.79 bits per heavy atom. The third-order valence-corrected chi connectivity index (χ3v) is 5.39. The Labute approximate surface area is 171 Å². The SMILES string of the molecule is CC(=O)NOc1c(-c2csc(N3CCOCC3)n2)cc(CCCCN)c(F)c1F. The van der Waals surface area contributed by atoms with Crippen LogP contribution in [0, 0.1) is 11.6 Å². The van der Waals surface area contributed by atoms with Crippen molar-refractivity contribution in [2.45, 2.75) is 26.2 Å². The van der Waals surface area contributed by atoms with Gasteiger partial charge in [0.2, 0.25) is 17.5 Å². The molecular formula is C19H24F2N4O3S. The predicted octanol–water partition coefficient (Wildman–Crippen LogP) is 2.64. The maximum atomic E-state index is 14.8. The number of amides is 1. The molecule has 3 rings (SSSR count). The van der Waals surface area contributed by atoms with Crippen LogP contribution in [-0.4, -0.2) is 43.7 Å². The van der Waals surface area contributed by atoms with Gasteiger partial charge in [-0.25, -0.2) is 9.37 Å². The van der Waals surface area contributed by atoms with E-state index in [2.05, 4.69) is 15.4 Å². The molecule has 10 heteroatoms. The van der Waals surface area contributed by atoms with Crippen molar-refractivity contribution in [2.24, 2.45) is 5.73 Å². The number of anilines is 1. The molecule has 0 atom stereocenters. The first-order chi connectivity index (χ1) is 14.0. The van der Waals surface area contributed by atoms with Crippen molar-refractivity contribution in [1.29, 1.82) is 0 Å². The van der Waals surface area contributed by atoms with Crippen molar-refractivity contribution in [1.82, 2.24) is 10.5 Å². The van der Waals surface area contributed by atoms with Gasteiger partial charge in [-0.3, -0.25) is 4.79 Å². The lowest BCUT2D eigenvalue weighted by molar-refractivity contribution is -0.125. The van der Waals surface area contributed by atoms with Crippen LogP contribution in [-0.2, 0) is 16.0 Å². The Balaban J connectivity index is 1.97. The summed E-state index contributed by atoms with van der Waals surface area (Å²) in [7, 11) is 0. The molecule has 0 aliphatic carbocycles. The van der Waals surface area contributed by atoms with Crippen molar-refractivity contribution in [2.75, 3.05) is 37.7 Å². The Kier molecular flexibility index (Phi) is 7.34. The monoisotopic (exact) mass is 426 g/mol. The summed E-state index contributed by atoms with van der Waals surface area (Å²) in [4.78, 5) is 23.0. The lowest BCUT2D eigenvalue weighted by Gasteiger charge is -2.26. The van der Waals surface area contributed by atoms with Crippen molar-refractivity contribution in [3.05, 3.63) is 28.6 Å². The molecule has 29 heavy (non-hydrogen) atoms. The molecule has 2 aromatic rings. The van der Waals surface area contributed by atoms with Crippen LogP contribution in [0.2, 0.25) is 0 Å². The number of nitrogens with one attached hydrogen (secondary N) is 1. The molecule has 0 unspecified atom stereocenters. The smallest absolute Gasteiger partial charge is 0.249 e. The van der Waals surface area contributed by atoms with Gasteiger partial charge in [0, 0.05) is 25.4 Å². The zero-order valence-corrected chi connectivity index (χ0v) is 17.0. The van der Waals surface area contributed by atoms with E-state index in [1.54, 1.807) is 5.38 Å². The van der Waals surface area contributed by atoms with Gasteiger partial charge >= 0.3 is 0 Å². The lowest BCUT2D eigenvalue weighted by atomic mass is 10.0. The van der Waals surface area contributed by atoms with Crippen LogP contribution in [0.5, 0.6) is 5.75 Å². The number of hydroxylamine groups is 1. The summed E-state index contributed by atoms with van der Waals surface area (Å²) in [6, 6.07) is 1.53. The number of nitrogens with zero attached hydrogens (tertiary/aromatic N) is 2. The van der Waals surface area contributed by atoms with Gasteiger partial charge in [-0.05, 0) is 37.4 Å². The molecule has 1 aromatic carbocycles. The van der Waals surface area contributed by atoms with Crippen LogP contribution >= 0.6 is 11.3 Å². The Bertz CT molecular complexity index is 856. The Morgan fingerprint density at radius 1 is 1.34 bits per heavy atom. The third kappa shape index (κ3) is 5.20. The fourth-order valence-corrected chi connectivity index (χ4v) is 3.88. The van der Waals surface area contributed by atoms with Crippen LogP contribution in [0.1, 0.15) is 25.3 Å². The maximum Gasteiger partial charge on any atom is 0.249 e. The van der Waals surface area contributed by atoms with Gasteiger partial charge in [-0.1, -0.05) is 0 Å². The van der Waals surface area contributed by atoms with E-state index in [1.807, 2.05) is 0 Å². The molecule has 158 valence electrons. The van der Waals surface area contributed by atoms with Crippen molar-refractivity contribution in [3.63, 3.8) is 0 Å². The molecule has 3 N–H and O–H groups in total. The number of nitrogens with two attached hydrogens (primary N) is 1. The summed E-state index contributed by atoms with van der Waals surface area (Å²) in [6.07, 6.45) is 1.68. The Morgan fingerprint density at radius 2 is 2.10 bits per heavy atom. The molecule has 0 saturated carbocycles. The molecule has 7 nitrogen and oxygen atoms in total. The average molecular weight is 426 g/mol. The second-order valence-corrected chi connectivity index (χ2v) is 7.50. The molecule has 1 saturated heterocycles. The summed E-state index contributed by atoms with van der Waals surface area (Å²) in [5, 5.41) is 2.53. The van der Waals surface area contributed by atoms with Crippen molar-refractivity contribution >= 4 is 22.4 Å². The zero-order chi connectivity index (χ0) is 20.8. The number of thiazole rings is 1. The van der Waals surface area contributed by atoms with Gasteiger partial charge in [0.15, 0.2) is 10.9 Å². The lowest BCUT2D eigenvalue weighted by Crippen LogP contribution is -2.36. The molecular weight excluding hydrogens is 402 g/mol. The minimum atomic E-state index is -1.15. The predicted molar refractivity (Wildman–Crippen MR) is 107 cm³/mol. The second kappa shape index (κ2) is 9.95. The number of hydrogen-bond donors (Lipinski definition) is 2. The van der Waals surface area contributed by atoms with Crippen molar-refractivity contribution < 1.29 is 23.1 Å². The van der Waals surface area contributed by atoms with Gasteiger partial charge < -0.3 is 20.2 Å². The largest absolute Gasteiger partial charge is 0.378 e. The Hall–Kier alpha value is -2.30. The highest BCUT2D eigenvalue weighted by molar-refractivity contribution is 7.14. The molecule has 1 aliphatic heterocycles. The molecule has 1 aromatic heterocycles. The molecule has 0 radical (unpaired) electrons. The van der Waals surface area contributed by atoms with Crippen LogP contribution in [0.25, 0.3) is 11.3 Å². The number of aromatic nitrogens is 1. The fraction of sp³-hybridized carbons (Fsp3) is 0.474. The van der Waals surface area contributed by atoms with Crippen LogP contribution < -0.4 is 21.0 Å². The maximum absolute atomic E-state index is 14.8. The van der Waals surface area contributed by atoms with Gasteiger partial charge in [-0.15, -0.1) is 11.3 Å². The topological polar surface area (TPSA) is 89.7 Å². The standard InChI is InChI=1S/C19H24F2N4O3S/c1-12(26)24-28-18-14(10-13(4-2-3-5-22)16(20)17(18)21)15-11-29-19(23-15)25-6-8-27-9-7-25/h10-11H,2-9,22H2,1H3,(H,24,26). The van der Waals surface area contributed by atoms with Crippen LogP contribution in [0.3, 0.4) is 0 Å². The third-order valence-electron chi connectivity index (χ3n) is 4.48. The number of halogens is 2. The first-order valence-electron chi connectivity index (χ1n) is 9.44. The van der Waals surface area contributed by atoms with Crippen molar-refractivity contribution in [3.8, 4) is 17.0 Å². The molecule has 1 aliphatic rings. The number of ether oxygens (including phenoxy) is 1. The molecule has 0 spiro atoms. The number of aryl methyl sites for hydroxylation is 1. The van der Waals surface area contributed by atoms with E-state index in [4.69, 9.17) is 15.3 Å². The van der Waals surface area contributed by atoms with E-state index in [-0.39, 0.29) is 16.9 Å².